The van der Waals surface area contributed by atoms with Crippen LogP contribution in [0.25, 0.3) is 0 Å². The Morgan fingerprint density at radius 1 is 1.48 bits per heavy atom. The van der Waals surface area contributed by atoms with Gasteiger partial charge in [-0.05, 0) is 19.1 Å². The van der Waals surface area contributed by atoms with E-state index >= 15 is 0 Å². The highest BCUT2D eigenvalue weighted by molar-refractivity contribution is 5.81. The van der Waals surface area contributed by atoms with Gasteiger partial charge in [0, 0.05) is 25.7 Å². The first-order chi connectivity index (χ1) is 12.0. The van der Waals surface area contributed by atoms with Crippen molar-refractivity contribution in [1.82, 2.24) is 5.43 Å². The van der Waals surface area contributed by atoms with Gasteiger partial charge in [-0.1, -0.05) is 0 Å². The van der Waals surface area contributed by atoms with Gasteiger partial charge < -0.3 is 13.9 Å². The van der Waals surface area contributed by atoms with Gasteiger partial charge in [0.2, 0.25) is 0 Å². The average Bonchev–Trinajstić information content (AvgIpc) is 2.98. The van der Waals surface area contributed by atoms with E-state index < -0.39 is 5.91 Å². The number of hydrogen-bond donors (Lipinski definition) is 1. The summed E-state index contributed by atoms with van der Waals surface area (Å²) in [6, 6.07) is 7.38. The number of hydrogen-bond acceptors (Lipinski definition) is 6. The predicted molar refractivity (Wildman–Crippen MR) is 87.8 cm³/mol. The molecule has 0 unspecified atom stereocenters. The Kier molecular flexibility index (Phi) is 6.26. The molecule has 2 heterocycles. The van der Waals surface area contributed by atoms with Gasteiger partial charge in [0.25, 0.3) is 5.91 Å². The highest BCUT2D eigenvalue weighted by atomic mass is 16.5. The standard InChI is InChI=1S/C17H18N4O4/c1-11-6-13(9-23-3)15(7-18)17(20-11)24-10-16(22)21-19-8-14-5-4-12(2)25-14/h4-6,8H,9-10H2,1-3H3,(H,21,22)/p+1. The summed E-state index contributed by atoms with van der Waals surface area (Å²) in [5.74, 6) is 1.03. The third kappa shape index (κ3) is 5.16. The van der Waals surface area contributed by atoms with E-state index in [4.69, 9.17) is 13.9 Å². The normalized spacial score (nSPS) is 10.6. The molecule has 0 aromatic carbocycles. The molecule has 0 aliphatic heterocycles. The summed E-state index contributed by atoms with van der Waals surface area (Å²) in [6.07, 6.45) is 1.39. The Labute approximate surface area is 145 Å². The monoisotopic (exact) mass is 343 g/mol. The number of nitrogens with zero attached hydrogens (tertiary/aromatic N) is 2. The van der Waals surface area contributed by atoms with Crippen LogP contribution in [0.3, 0.4) is 0 Å². The summed E-state index contributed by atoms with van der Waals surface area (Å²) in [5, 5.41) is 13.1. The zero-order valence-corrected chi connectivity index (χ0v) is 14.3. The van der Waals surface area contributed by atoms with Gasteiger partial charge >= 0.3 is 5.88 Å². The number of carbonyl (C=O) groups excluding carboxylic acids is 1. The summed E-state index contributed by atoms with van der Waals surface area (Å²) in [6.45, 7) is 3.61. The van der Waals surface area contributed by atoms with E-state index in [1.54, 1.807) is 25.3 Å². The van der Waals surface area contributed by atoms with E-state index in [-0.39, 0.29) is 19.1 Å². The molecule has 130 valence electrons. The Morgan fingerprint density at radius 3 is 2.92 bits per heavy atom. The molecular weight excluding hydrogens is 324 g/mol. The SMILES string of the molecule is COCc1cc(C)[nH+]c(OCC(=O)NN=Cc2ccc(C)o2)c1C#N. The molecule has 2 N–H and O–H groups in total. The molecule has 0 spiro atoms. The first kappa shape index (κ1) is 18.2. The largest absolute Gasteiger partial charge is 0.460 e. The number of furan rings is 1. The van der Waals surface area contributed by atoms with Crippen molar-refractivity contribution >= 4 is 12.1 Å². The number of nitriles is 1. The minimum absolute atomic E-state index is 0.218. The summed E-state index contributed by atoms with van der Waals surface area (Å²) in [4.78, 5) is 14.7. The van der Waals surface area contributed by atoms with E-state index in [1.165, 1.54) is 6.21 Å². The van der Waals surface area contributed by atoms with Crippen molar-refractivity contribution < 1.29 is 23.7 Å². The number of hydrazone groups is 1. The lowest BCUT2D eigenvalue weighted by Crippen LogP contribution is -2.27. The summed E-state index contributed by atoms with van der Waals surface area (Å²) in [7, 11) is 1.54. The smallest absolute Gasteiger partial charge is 0.385 e. The van der Waals surface area contributed by atoms with Crippen molar-refractivity contribution in [3.63, 3.8) is 0 Å². The number of rotatable bonds is 7. The fourth-order valence-electron chi connectivity index (χ4n) is 2.12. The van der Waals surface area contributed by atoms with Crippen LogP contribution in [0.2, 0.25) is 0 Å². The molecular formula is C17H19N4O4+. The second-order valence-electron chi connectivity index (χ2n) is 5.26. The lowest BCUT2D eigenvalue weighted by atomic mass is 10.1. The van der Waals surface area contributed by atoms with Gasteiger partial charge in [-0.25, -0.2) is 5.43 Å². The molecule has 8 nitrogen and oxygen atoms in total. The van der Waals surface area contributed by atoms with E-state index in [0.717, 1.165) is 11.5 Å². The zero-order valence-electron chi connectivity index (χ0n) is 14.3. The van der Waals surface area contributed by atoms with Crippen LogP contribution in [0.5, 0.6) is 5.88 Å². The molecule has 2 aromatic rings. The third-order valence-electron chi connectivity index (χ3n) is 3.15. The summed E-state index contributed by atoms with van der Waals surface area (Å²) < 4.78 is 15.8. The molecule has 2 rings (SSSR count). The van der Waals surface area contributed by atoms with Crippen molar-refractivity contribution in [2.45, 2.75) is 20.5 Å². The van der Waals surface area contributed by atoms with Crippen LogP contribution >= 0.6 is 0 Å². The topological polar surface area (TPSA) is 111 Å². The lowest BCUT2D eigenvalue weighted by molar-refractivity contribution is -0.403. The molecule has 25 heavy (non-hydrogen) atoms. The molecule has 0 atom stereocenters. The second-order valence-corrected chi connectivity index (χ2v) is 5.26. The third-order valence-corrected chi connectivity index (χ3v) is 3.15. The van der Waals surface area contributed by atoms with E-state index in [2.05, 4.69) is 21.6 Å². The quantitative estimate of drug-likeness (QED) is 0.601. The molecule has 2 aromatic heterocycles. The number of aryl methyl sites for hydroxylation is 2. The van der Waals surface area contributed by atoms with Crippen molar-refractivity contribution in [1.29, 1.82) is 5.26 Å². The molecule has 0 aliphatic carbocycles. The summed E-state index contributed by atoms with van der Waals surface area (Å²) in [5.41, 5.74) is 4.10. The van der Waals surface area contributed by atoms with Gasteiger partial charge in [0.15, 0.2) is 17.9 Å². The number of ether oxygens (including phenoxy) is 2. The highest BCUT2D eigenvalue weighted by Crippen LogP contribution is 2.18. The number of pyridine rings is 1. The number of nitrogens with one attached hydrogen (secondary N) is 2. The Hall–Kier alpha value is -3.18. The zero-order chi connectivity index (χ0) is 18.2. The van der Waals surface area contributed by atoms with Gasteiger partial charge in [-0.2, -0.15) is 15.3 Å². The minimum atomic E-state index is -0.466. The maximum absolute atomic E-state index is 11.8. The first-order valence-electron chi connectivity index (χ1n) is 7.49. The highest BCUT2D eigenvalue weighted by Gasteiger charge is 2.19. The molecule has 0 saturated heterocycles. The first-order valence-corrected chi connectivity index (χ1v) is 7.49. The number of amides is 1. The molecule has 8 heteroatoms. The van der Waals surface area contributed by atoms with Crippen LogP contribution in [-0.4, -0.2) is 25.8 Å². The van der Waals surface area contributed by atoms with Crippen molar-refractivity contribution in [2.24, 2.45) is 5.10 Å². The van der Waals surface area contributed by atoms with Gasteiger partial charge in [0.05, 0.1) is 12.8 Å². The number of methoxy groups -OCH3 is 1. The molecule has 0 fully saturated rings. The van der Waals surface area contributed by atoms with Crippen LogP contribution in [0.15, 0.2) is 27.7 Å². The molecule has 0 aliphatic rings. The van der Waals surface area contributed by atoms with Crippen molar-refractivity contribution in [2.75, 3.05) is 13.7 Å². The lowest BCUT2D eigenvalue weighted by Gasteiger charge is -2.06. The van der Waals surface area contributed by atoms with Crippen molar-refractivity contribution in [3.05, 3.63) is 46.5 Å². The molecule has 1 amide bonds. The van der Waals surface area contributed by atoms with Crippen molar-refractivity contribution in [3.8, 4) is 11.9 Å². The summed E-state index contributed by atoms with van der Waals surface area (Å²) >= 11 is 0. The Morgan fingerprint density at radius 2 is 2.28 bits per heavy atom. The number of H-pyrrole nitrogens is 1. The van der Waals surface area contributed by atoms with Crippen LogP contribution in [0.1, 0.15) is 28.3 Å². The van der Waals surface area contributed by atoms with Gasteiger partial charge in [0.1, 0.15) is 17.6 Å². The maximum atomic E-state index is 11.8. The minimum Gasteiger partial charge on any atom is -0.460 e. The fraction of sp³-hybridized carbons (Fsp3) is 0.294. The average molecular weight is 343 g/mol. The predicted octanol–water partition coefficient (Wildman–Crippen LogP) is 1.26. The van der Waals surface area contributed by atoms with Gasteiger partial charge in [-0.3, -0.25) is 4.79 Å². The van der Waals surface area contributed by atoms with E-state index in [9.17, 15) is 10.1 Å². The molecule has 0 bridgehead atoms. The van der Waals surface area contributed by atoms with E-state index in [1.807, 2.05) is 13.8 Å². The Bertz CT molecular complexity index is 821. The number of carbonyl (C=O) groups is 1. The van der Waals surface area contributed by atoms with Crippen LogP contribution in [-0.2, 0) is 16.1 Å². The molecule has 0 saturated carbocycles. The number of aromatic amines is 1. The van der Waals surface area contributed by atoms with Crippen LogP contribution in [0, 0.1) is 25.2 Å². The van der Waals surface area contributed by atoms with Gasteiger partial charge in [-0.15, -0.1) is 0 Å². The second kappa shape index (κ2) is 8.61. The van der Waals surface area contributed by atoms with E-state index in [0.29, 0.717) is 16.9 Å². The fourth-order valence-corrected chi connectivity index (χ4v) is 2.12. The molecule has 0 radical (unpaired) electrons. The van der Waals surface area contributed by atoms with Crippen LogP contribution < -0.4 is 15.1 Å². The van der Waals surface area contributed by atoms with Crippen LogP contribution in [0.4, 0.5) is 0 Å². The Balaban J connectivity index is 1.97. The maximum Gasteiger partial charge on any atom is 0.385 e. The number of aromatic nitrogens is 1.